The molecule has 0 spiro atoms. The Kier molecular flexibility index (Phi) is 10.2. The number of rotatable bonds is 2. The number of ketones is 1. The first kappa shape index (κ1) is 28.4. The number of nitrogens with zero attached hydrogens (tertiary/aromatic N) is 1. The molecule has 8 heteroatoms. The predicted octanol–water partition coefficient (Wildman–Crippen LogP) is 3.85. The van der Waals surface area contributed by atoms with Crippen LogP contribution in [0.25, 0.3) is 6.08 Å². The fourth-order valence-corrected chi connectivity index (χ4v) is 4.83. The summed E-state index contributed by atoms with van der Waals surface area (Å²) in [4.78, 5) is 30.3. The van der Waals surface area contributed by atoms with E-state index < -0.39 is 48.1 Å². The van der Waals surface area contributed by atoms with Gasteiger partial charge < -0.3 is 20.1 Å². The lowest BCUT2D eigenvalue weighted by molar-refractivity contribution is -0.157. The fourth-order valence-electron chi connectivity index (χ4n) is 4.26. The standard InChI is InChI=1S/C26H39NO6S/c1-15-10-8-7-9-11-20(28)24(16(2)12-19-14-34-18(4)27-19)33-22(30)13-21(29)26(5,6)25(32)17(3)23(15)31/h9,11-12,14-15,17,20-21,23-24,28-29,31H,7-8,10,13H2,1-6H3. The molecule has 0 aromatic carbocycles. The lowest BCUT2D eigenvalue weighted by Gasteiger charge is -2.34. The van der Waals surface area contributed by atoms with Crippen LogP contribution in [0.4, 0.5) is 0 Å². The topological polar surface area (TPSA) is 117 Å². The quantitative estimate of drug-likeness (QED) is 0.423. The summed E-state index contributed by atoms with van der Waals surface area (Å²) in [5, 5.41) is 35.1. The number of allylic oxidation sites excluding steroid dienone is 1. The van der Waals surface area contributed by atoms with E-state index in [-0.39, 0.29) is 11.7 Å². The van der Waals surface area contributed by atoms with Gasteiger partial charge in [-0.05, 0) is 50.7 Å². The molecule has 0 saturated carbocycles. The van der Waals surface area contributed by atoms with Crippen molar-refractivity contribution in [3.8, 4) is 0 Å². The minimum absolute atomic E-state index is 0.109. The third kappa shape index (κ3) is 7.31. The third-order valence-electron chi connectivity index (χ3n) is 6.73. The summed E-state index contributed by atoms with van der Waals surface area (Å²) in [7, 11) is 0. The Morgan fingerprint density at radius 3 is 2.53 bits per heavy atom. The number of aliphatic hydroxyl groups is 3. The van der Waals surface area contributed by atoms with Gasteiger partial charge in [0.15, 0.2) is 6.10 Å². The van der Waals surface area contributed by atoms with E-state index in [2.05, 4.69) is 4.98 Å². The second-order valence-electron chi connectivity index (χ2n) is 10.0. The van der Waals surface area contributed by atoms with Gasteiger partial charge in [0.1, 0.15) is 11.9 Å². The number of hydrogen-bond donors (Lipinski definition) is 3. The number of carbonyl (C=O) groups excluding carboxylic acids is 2. The van der Waals surface area contributed by atoms with Crippen LogP contribution in [0, 0.1) is 24.2 Å². The minimum atomic E-state index is -1.30. The molecule has 0 aliphatic carbocycles. The first-order chi connectivity index (χ1) is 15.8. The molecule has 1 aromatic rings. The number of ether oxygens (including phenoxy) is 1. The van der Waals surface area contributed by atoms with Crippen LogP contribution in [-0.2, 0) is 14.3 Å². The molecular weight excluding hydrogens is 454 g/mol. The normalized spacial score (nSPS) is 32.4. The molecule has 6 atom stereocenters. The molecule has 0 fully saturated rings. The SMILES string of the molecule is CC(=Cc1csc(C)n1)C1OC(=O)CC(O)C(C)(C)C(=O)C(C)C(O)C(C)CCCC=CC1O. The highest BCUT2D eigenvalue weighted by Gasteiger charge is 2.42. The number of hydrogen-bond acceptors (Lipinski definition) is 8. The smallest absolute Gasteiger partial charge is 0.309 e. The van der Waals surface area contributed by atoms with E-state index >= 15 is 0 Å². The van der Waals surface area contributed by atoms with Crippen molar-refractivity contribution in [2.45, 2.75) is 91.6 Å². The fraction of sp³-hybridized carbons (Fsp3) is 0.654. The average molecular weight is 494 g/mol. The maximum Gasteiger partial charge on any atom is 0.309 e. The maximum absolute atomic E-state index is 13.1. The Hall–Kier alpha value is -1.87. The second-order valence-corrected chi connectivity index (χ2v) is 11.1. The van der Waals surface area contributed by atoms with Gasteiger partial charge in [0, 0.05) is 11.3 Å². The van der Waals surface area contributed by atoms with Gasteiger partial charge in [0.05, 0.1) is 34.7 Å². The van der Waals surface area contributed by atoms with E-state index in [1.165, 1.54) is 11.3 Å². The molecular formula is C26H39NO6S. The van der Waals surface area contributed by atoms with Crippen molar-refractivity contribution in [1.82, 2.24) is 4.98 Å². The predicted molar refractivity (Wildman–Crippen MR) is 133 cm³/mol. The molecule has 34 heavy (non-hydrogen) atoms. The van der Waals surface area contributed by atoms with Crippen molar-refractivity contribution < 1.29 is 29.6 Å². The molecule has 0 radical (unpaired) electrons. The largest absolute Gasteiger partial charge is 0.455 e. The van der Waals surface area contributed by atoms with E-state index in [1.807, 2.05) is 25.3 Å². The highest BCUT2D eigenvalue weighted by atomic mass is 32.1. The van der Waals surface area contributed by atoms with Crippen molar-refractivity contribution in [3.63, 3.8) is 0 Å². The van der Waals surface area contributed by atoms with Crippen LogP contribution in [-0.4, -0.2) is 56.5 Å². The second kappa shape index (κ2) is 12.2. The molecule has 0 amide bonds. The summed E-state index contributed by atoms with van der Waals surface area (Å²) >= 11 is 1.50. The van der Waals surface area contributed by atoms with Gasteiger partial charge in [-0.15, -0.1) is 11.3 Å². The lowest BCUT2D eigenvalue weighted by atomic mass is 9.73. The van der Waals surface area contributed by atoms with Crippen LogP contribution in [0.2, 0.25) is 0 Å². The molecule has 6 unspecified atom stereocenters. The van der Waals surface area contributed by atoms with Crippen LogP contribution in [0.1, 0.15) is 71.0 Å². The number of thiazole rings is 1. The summed E-state index contributed by atoms with van der Waals surface area (Å²) in [6.07, 6.45) is 2.78. The highest BCUT2D eigenvalue weighted by Crippen LogP contribution is 2.32. The molecule has 1 aliphatic rings. The highest BCUT2D eigenvalue weighted by molar-refractivity contribution is 7.09. The van der Waals surface area contributed by atoms with Crippen LogP contribution < -0.4 is 0 Å². The van der Waals surface area contributed by atoms with Crippen LogP contribution in [0.15, 0.2) is 23.1 Å². The molecule has 190 valence electrons. The van der Waals surface area contributed by atoms with Gasteiger partial charge in [0.2, 0.25) is 0 Å². The number of cyclic esters (lactones) is 1. The van der Waals surface area contributed by atoms with Gasteiger partial charge in [-0.2, -0.15) is 0 Å². The first-order valence-corrected chi connectivity index (χ1v) is 12.8. The summed E-state index contributed by atoms with van der Waals surface area (Å²) in [6, 6.07) is 0. The van der Waals surface area contributed by atoms with Gasteiger partial charge in [0.25, 0.3) is 0 Å². The van der Waals surface area contributed by atoms with Gasteiger partial charge in [-0.25, -0.2) is 4.98 Å². The zero-order chi connectivity index (χ0) is 25.6. The molecule has 2 rings (SSSR count). The maximum atomic E-state index is 13.1. The molecule has 0 saturated heterocycles. The van der Waals surface area contributed by atoms with E-state index in [0.29, 0.717) is 24.1 Å². The zero-order valence-electron chi connectivity index (χ0n) is 21.0. The molecule has 7 nitrogen and oxygen atoms in total. The number of aromatic nitrogens is 1. The number of Topliss-reactive ketones (excluding diaryl/α,β-unsaturated/α-hetero) is 1. The summed E-state index contributed by atoms with van der Waals surface area (Å²) < 4.78 is 5.61. The summed E-state index contributed by atoms with van der Waals surface area (Å²) in [5.74, 6) is -1.81. The van der Waals surface area contributed by atoms with Crippen LogP contribution >= 0.6 is 11.3 Å². The molecule has 1 aromatic heterocycles. The van der Waals surface area contributed by atoms with Crippen molar-refractivity contribution in [1.29, 1.82) is 0 Å². The Bertz CT molecular complexity index is 905. The Labute approximate surface area is 206 Å². The number of carbonyl (C=O) groups is 2. The monoisotopic (exact) mass is 493 g/mol. The zero-order valence-corrected chi connectivity index (χ0v) is 21.8. The third-order valence-corrected chi connectivity index (χ3v) is 7.52. The van der Waals surface area contributed by atoms with E-state index in [1.54, 1.807) is 39.8 Å². The Morgan fingerprint density at radius 2 is 1.91 bits per heavy atom. The van der Waals surface area contributed by atoms with Crippen LogP contribution in [0.3, 0.4) is 0 Å². The molecule has 1 aliphatic heterocycles. The average Bonchev–Trinajstić information content (AvgIpc) is 3.18. The van der Waals surface area contributed by atoms with Gasteiger partial charge in [-0.3, -0.25) is 9.59 Å². The van der Waals surface area contributed by atoms with E-state index in [9.17, 15) is 24.9 Å². The van der Waals surface area contributed by atoms with E-state index in [0.717, 1.165) is 11.4 Å². The molecule has 0 bridgehead atoms. The Balaban J connectivity index is 2.34. The number of aliphatic hydroxyl groups excluding tert-OH is 3. The van der Waals surface area contributed by atoms with Crippen molar-refractivity contribution in [3.05, 3.63) is 33.8 Å². The van der Waals surface area contributed by atoms with E-state index in [4.69, 9.17) is 4.74 Å². The van der Waals surface area contributed by atoms with Crippen molar-refractivity contribution in [2.75, 3.05) is 0 Å². The summed E-state index contributed by atoms with van der Waals surface area (Å²) in [6.45, 7) is 10.4. The van der Waals surface area contributed by atoms with Gasteiger partial charge in [-0.1, -0.05) is 39.8 Å². The van der Waals surface area contributed by atoms with Crippen LogP contribution in [0.5, 0.6) is 0 Å². The minimum Gasteiger partial charge on any atom is -0.455 e. The molecule has 2 heterocycles. The van der Waals surface area contributed by atoms with Gasteiger partial charge >= 0.3 is 5.97 Å². The lowest BCUT2D eigenvalue weighted by Crippen LogP contribution is -2.46. The Morgan fingerprint density at radius 1 is 1.24 bits per heavy atom. The van der Waals surface area contributed by atoms with Crippen molar-refractivity contribution >= 4 is 29.2 Å². The van der Waals surface area contributed by atoms with Crippen molar-refractivity contribution in [2.24, 2.45) is 17.3 Å². The first-order valence-electron chi connectivity index (χ1n) is 11.9. The summed E-state index contributed by atoms with van der Waals surface area (Å²) in [5.41, 5.74) is 0.0764. The number of esters is 1. The molecule has 3 N–H and O–H groups in total. The number of aryl methyl sites for hydroxylation is 1.